The summed E-state index contributed by atoms with van der Waals surface area (Å²) in [4.78, 5) is 24.3. The molecule has 1 rings (SSSR count). The van der Waals surface area contributed by atoms with Gasteiger partial charge in [-0.15, -0.1) is 6.58 Å². The number of carboxylic acid groups (broad SMARTS) is 1. The number of carbonyl (C=O) groups is 2. The molecule has 0 radical (unpaired) electrons. The first kappa shape index (κ1) is 15.8. The number of aryl methyl sites for hydroxylation is 1. The number of benzene rings is 1. The summed E-state index contributed by atoms with van der Waals surface area (Å²) in [6.45, 7) is 7.47. The number of aliphatic carboxylic acids is 1. The van der Waals surface area contributed by atoms with Crippen LogP contribution in [0.4, 0.5) is 10.5 Å². The van der Waals surface area contributed by atoms with E-state index in [-0.39, 0.29) is 25.0 Å². The van der Waals surface area contributed by atoms with E-state index in [0.29, 0.717) is 5.69 Å². The number of hydrogen-bond acceptors (Lipinski definition) is 2. The van der Waals surface area contributed by atoms with Gasteiger partial charge in [0.05, 0.1) is 6.42 Å². The van der Waals surface area contributed by atoms with Gasteiger partial charge in [-0.25, -0.2) is 4.79 Å². The highest BCUT2D eigenvalue weighted by Crippen LogP contribution is 2.16. The van der Waals surface area contributed by atoms with Crippen LogP contribution in [0.1, 0.15) is 18.9 Å². The van der Waals surface area contributed by atoms with Gasteiger partial charge in [-0.1, -0.05) is 23.8 Å². The van der Waals surface area contributed by atoms with Gasteiger partial charge in [-0.2, -0.15) is 0 Å². The van der Waals surface area contributed by atoms with E-state index in [4.69, 9.17) is 5.11 Å². The molecule has 0 fully saturated rings. The highest BCUT2D eigenvalue weighted by atomic mass is 16.4. The number of rotatable bonds is 6. The van der Waals surface area contributed by atoms with Crippen molar-refractivity contribution in [1.82, 2.24) is 5.32 Å². The number of carbonyl (C=O) groups excluding carboxylic acids is 1. The monoisotopic (exact) mass is 276 g/mol. The van der Waals surface area contributed by atoms with Gasteiger partial charge in [0, 0.05) is 18.3 Å². The molecule has 108 valence electrons. The molecule has 1 atom stereocenters. The van der Waals surface area contributed by atoms with Gasteiger partial charge in [0.2, 0.25) is 0 Å². The summed E-state index contributed by atoms with van der Waals surface area (Å²) in [5, 5.41) is 11.5. The van der Waals surface area contributed by atoms with Gasteiger partial charge in [-0.05, 0) is 26.0 Å². The van der Waals surface area contributed by atoms with E-state index in [1.165, 1.54) is 4.90 Å². The van der Waals surface area contributed by atoms with E-state index >= 15 is 0 Å². The number of nitrogens with one attached hydrogen (secondary N) is 1. The SMILES string of the molecule is C=CC(C)NC(=O)N(CCC(=O)O)c1ccc(C)cc1. The van der Waals surface area contributed by atoms with Crippen LogP contribution in [0, 0.1) is 6.92 Å². The van der Waals surface area contributed by atoms with Crippen LogP contribution in [0.25, 0.3) is 0 Å². The van der Waals surface area contributed by atoms with E-state index in [1.807, 2.05) is 19.1 Å². The third-order valence-electron chi connectivity index (χ3n) is 2.84. The van der Waals surface area contributed by atoms with E-state index in [0.717, 1.165) is 5.56 Å². The molecule has 0 aliphatic rings. The van der Waals surface area contributed by atoms with Crippen molar-refractivity contribution in [2.24, 2.45) is 0 Å². The second kappa shape index (κ2) is 7.33. The average molecular weight is 276 g/mol. The second-order valence-electron chi connectivity index (χ2n) is 4.60. The van der Waals surface area contributed by atoms with Crippen molar-refractivity contribution >= 4 is 17.7 Å². The molecule has 5 heteroatoms. The van der Waals surface area contributed by atoms with Crippen LogP contribution in [0.15, 0.2) is 36.9 Å². The average Bonchev–Trinajstić information content (AvgIpc) is 2.40. The lowest BCUT2D eigenvalue weighted by Crippen LogP contribution is -2.44. The van der Waals surface area contributed by atoms with Crippen LogP contribution in [-0.2, 0) is 4.79 Å². The molecule has 0 spiro atoms. The maximum absolute atomic E-state index is 12.2. The van der Waals surface area contributed by atoms with Gasteiger partial charge >= 0.3 is 12.0 Å². The number of urea groups is 1. The summed E-state index contributed by atoms with van der Waals surface area (Å²) in [5.41, 5.74) is 1.75. The molecule has 0 saturated carbocycles. The Hall–Kier alpha value is -2.30. The molecular formula is C15H20N2O3. The lowest BCUT2D eigenvalue weighted by molar-refractivity contribution is -0.136. The Balaban J connectivity index is 2.89. The van der Waals surface area contributed by atoms with Crippen LogP contribution >= 0.6 is 0 Å². The standard InChI is InChI=1S/C15H20N2O3/c1-4-12(3)16-15(20)17(10-9-14(18)19)13-7-5-11(2)6-8-13/h4-8,12H,1,9-10H2,2-3H3,(H,16,20)(H,18,19). The van der Waals surface area contributed by atoms with E-state index in [2.05, 4.69) is 11.9 Å². The summed E-state index contributed by atoms with van der Waals surface area (Å²) in [5.74, 6) is -0.938. The van der Waals surface area contributed by atoms with Gasteiger partial charge in [-0.3, -0.25) is 9.69 Å². The Morgan fingerprint density at radius 1 is 1.40 bits per heavy atom. The third-order valence-corrected chi connectivity index (χ3v) is 2.84. The normalized spacial score (nSPS) is 11.5. The van der Waals surface area contributed by atoms with Crippen LogP contribution in [0.5, 0.6) is 0 Å². The van der Waals surface area contributed by atoms with E-state index in [1.54, 1.807) is 25.1 Å². The number of amides is 2. The van der Waals surface area contributed by atoms with Crippen molar-refractivity contribution in [2.75, 3.05) is 11.4 Å². The Morgan fingerprint density at radius 2 is 2.00 bits per heavy atom. The minimum absolute atomic E-state index is 0.107. The molecule has 1 aromatic rings. The molecule has 1 aromatic carbocycles. The fourth-order valence-corrected chi connectivity index (χ4v) is 1.61. The van der Waals surface area contributed by atoms with Crippen LogP contribution < -0.4 is 10.2 Å². The highest BCUT2D eigenvalue weighted by Gasteiger charge is 2.17. The molecule has 0 aliphatic carbocycles. The molecule has 2 N–H and O–H groups in total. The number of anilines is 1. The maximum Gasteiger partial charge on any atom is 0.322 e. The zero-order valence-electron chi connectivity index (χ0n) is 11.8. The second-order valence-corrected chi connectivity index (χ2v) is 4.60. The topological polar surface area (TPSA) is 69.6 Å². The van der Waals surface area contributed by atoms with Crippen molar-refractivity contribution in [3.8, 4) is 0 Å². The molecule has 0 saturated heterocycles. The fourth-order valence-electron chi connectivity index (χ4n) is 1.61. The predicted molar refractivity (Wildman–Crippen MR) is 79.0 cm³/mol. The van der Waals surface area contributed by atoms with Crippen LogP contribution in [0.2, 0.25) is 0 Å². The zero-order valence-corrected chi connectivity index (χ0v) is 11.8. The van der Waals surface area contributed by atoms with Crippen molar-refractivity contribution in [3.05, 3.63) is 42.5 Å². The summed E-state index contributed by atoms with van der Waals surface area (Å²) in [7, 11) is 0. The minimum atomic E-state index is -0.938. The fraction of sp³-hybridized carbons (Fsp3) is 0.333. The Labute approximate surface area is 118 Å². The Bertz CT molecular complexity index is 482. The van der Waals surface area contributed by atoms with E-state index < -0.39 is 5.97 Å². The number of carboxylic acids is 1. The molecule has 0 aliphatic heterocycles. The van der Waals surface area contributed by atoms with Crippen molar-refractivity contribution in [2.45, 2.75) is 26.3 Å². The van der Waals surface area contributed by atoms with Crippen molar-refractivity contribution < 1.29 is 14.7 Å². The minimum Gasteiger partial charge on any atom is -0.481 e. The predicted octanol–water partition coefficient (Wildman–Crippen LogP) is 2.56. The van der Waals surface area contributed by atoms with E-state index in [9.17, 15) is 9.59 Å². The first-order valence-corrected chi connectivity index (χ1v) is 6.43. The van der Waals surface area contributed by atoms with Gasteiger partial charge in [0.1, 0.15) is 0 Å². The first-order chi connectivity index (χ1) is 9.43. The quantitative estimate of drug-likeness (QED) is 0.784. The zero-order chi connectivity index (χ0) is 15.1. The van der Waals surface area contributed by atoms with Gasteiger partial charge < -0.3 is 10.4 Å². The Kier molecular flexibility index (Phi) is 5.77. The number of hydrogen-bond donors (Lipinski definition) is 2. The Morgan fingerprint density at radius 3 is 2.50 bits per heavy atom. The maximum atomic E-state index is 12.2. The molecule has 5 nitrogen and oxygen atoms in total. The third kappa shape index (κ3) is 4.76. The summed E-state index contributed by atoms with van der Waals surface area (Å²) < 4.78 is 0. The molecule has 20 heavy (non-hydrogen) atoms. The van der Waals surface area contributed by atoms with Crippen molar-refractivity contribution in [3.63, 3.8) is 0 Å². The highest BCUT2D eigenvalue weighted by molar-refractivity contribution is 5.92. The van der Waals surface area contributed by atoms with Crippen LogP contribution in [-0.4, -0.2) is 29.7 Å². The first-order valence-electron chi connectivity index (χ1n) is 6.43. The molecule has 2 amide bonds. The van der Waals surface area contributed by atoms with Gasteiger partial charge in [0.15, 0.2) is 0 Å². The molecule has 0 heterocycles. The number of nitrogens with zero attached hydrogens (tertiary/aromatic N) is 1. The van der Waals surface area contributed by atoms with Gasteiger partial charge in [0.25, 0.3) is 0 Å². The smallest absolute Gasteiger partial charge is 0.322 e. The van der Waals surface area contributed by atoms with Crippen LogP contribution in [0.3, 0.4) is 0 Å². The lowest BCUT2D eigenvalue weighted by Gasteiger charge is -2.24. The summed E-state index contributed by atoms with van der Waals surface area (Å²) >= 11 is 0. The lowest BCUT2D eigenvalue weighted by atomic mass is 10.2. The summed E-state index contributed by atoms with van der Waals surface area (Å²) in [6.07, 6.45) is 1.51. The molecule has 1 unspecified atom stereocenters. The largest absolute Gasteiger partial charge is 0.481 e. The molecular weight excluding hydrogens is 256 g/mol. The van der Waals surface area contributed by atoms with Crippen molar-refractivity contribution in [1.29, 1.82) is 0 Å². The molecule has 0 bridgehead atoms. The molecule has 0 aromatic heterocycles. The summed E-state index contributed by atoms with van der Waals surface area (Å²) in [6, 6.07) is 6.86.